The minimum Gasteiger partial charge on any atom is -0.496 e. The lowest BCUT2D eigenvalue weighted by Gasteiger charge is -2.29. The van der Waals surface area contributed by atoms with Crippen LogP contribution in [0, 0.1) is 0 Å². The van der Waals surface area contributed by atoms with E-state index >= 15 is 0 Å². The number of rotatable bonds is 4. The molecule has 0 aliphatic carbocycles. The Morgan fingerprint density at radius 1 is 1.29 bits per heavy atom. The van der Waals surface area contributed by atoms with Gasteiger partial charge in [0.15, 0.2) is 0 Å². The fraction of sp³-hybridized carbons (Fsp3) is 0.471. The van der Waals surface area contributed by atoms with Crippen LogP contribution in [0.3, 0.4) is 0 Å². The van der Waals surface area contributed by atoms with Crippen molar-refractivity contribution in [1.82, 2.24) is 10.3 Å². The van der Waals surface area contributed by atoms with E-state index in [1.54, 1.807) is 7.11 Å². The predicted octanol–water partition coefficient (Wildman–Crippen LogP) is 2.82. The molecule has 1 N–H and O–H groups in total. The third-order valence-electron chi connectivity index (χ3n) is 4.23. The van der Waals surface area contributed by atoms with Gasteiger partial charge >= 0.3 is 0 Å². The maximum Gasteiger partial charge on any atom is 0.136 e. The van der Waals surface area contributed by atoms with Crippen molar-refractivity contribution >= 4 is 16.6 Å². The zero-order valence-corrected chi connectivity index (χ0v) is 12.8. The summed E-state index contributed by atoms with van der Waals surface area (Å²) < 4.78 is 5.45. The Hall–Kier alpha value is -1.81. The molecule has 1 fully saturated rings. The lowest BCUT2D eigenvalue weighted by molar-refractivity contribution is 0.403. The molecule has 4 nitrogen and oxygen atoms in total. The minimum absolute atomic E-state index is 0.561. The van der Waals surface area contributed by atoms with E-state index in [1.807, 2.05) is 24.4 Å². The number of fused-ring (bicyclic) bond motifs is 1. The molecule has 2 heterocycles. The van der Waals surface area contributed by atoms with Gasteiger partial charge in [-0.15, -0.1) is 0 Å². The van der Waals surface area contributed by atoms with E-state index in [1.165, 1.54) is 19.3 Å². The molecule has 1 aliphatic rings. The monoisotopic (exact) mass is 285 g/mol. The summed E-state index contributed by atoms with van der Waals surface area (Å²) in [4.78, 5) is 6.85. The van der Waals surface area contributed by atoms with Crippen LogP contribution in [0.2, 0.25) is 0 Å². The van der Waals surface area contributed by atoms with Crippen LogP contribution in [0.5, 0.6) is 5.75 Å². The molecule has 2 aromatic rings. The largest absolute Gasteiger partial charge is 0.496 e. The number of hydrogen-bond acceptors (Lipinski definition) is 4. The smallest absolute Gasteiger partial charge is 0.136 e. The molecule has 0 spiro atoms. The van der Waals surface area contributed by atoms with Crippen molar-refractivity contribution in [2.24, 2.45) is 0 Å². The van der Waals surface area contributed by atoms with E-state index < -0.39 is 0 Å². The van der Waals surface area contributed by atoms with Crippen LogP contribution in [-0.4, -0.2) is 38.3 Å². The van der Waals surface area contributed by atoms with Crippen LogP contribution < -0.4 is 15.0 Å². The second-order valence-corrected chi connectivity index (χ2v) is 5.72. The lowest BCUT2D eigenvalue weighted by atomic mass is 10.0. The van der Waals surface area contributed by atoms with Gasteiger partial charge in [-0.2, -0.15) is 0 Å². The summed E-state index contributed by atoms with van der Waals surface area (Å²) in [5.41, 5.74) is 0. The Labute approximate surface area is 126 Å². The molecular formula is C17H23N3O. The molecule has 1 unspecified atom stereocenters. The first-order valence-corrected chi connectivity index (χ1v) is 7.66. The van der Waals surface area contributed by atoms with Crippen LogP contribution >= 0.6 is 0 Å². The highest BCUT2D eigenvalue weighted by molar-refractivity contribution is 5.96. The van der Waals surface area contributed by atoms with Crippen molar-refractivity contribution in [2.45, 2.75) is 25.3 Å². The minimum atomic E-state index is 0.561. The summed E-state index contributed by atoms with van der Waals surface area (Å²) in [6.07, 6.45) is 5.73. The van der Waals surface area contributed by atoms with Crippen LogP contribution in [0.15, 0.2) is 30.5 Å². The van der Waals surface area contributed by atoms with Gasteiger partial charge in [0.1, 0.15) is 11.6 Å². The molecule has 1 saturated heterocycles. The summed E-state index contributed by atoms with van der Waals surface area (Å²) in [5, 5.41) is 5.86. The van der Waals surface area contributed by atoms with Crippen LogP contribution in [0.25, 0.3) is 10.8 Å². The number of anilines is 1. The van der Waals surface area contributed by atoms with E-state index in [4.69, 9.17) is 4.74 Å². The Kier molecular flexibility index (Phi) is 4.25. The number of nitrogens with one attached hydrogen (secondary N) is 1. The van der Waals surface area contributed by atoms with Crippen molar-refractivity contribution in [1.29, 1.82) is 0 Å². The molecule has 1 atom stereocenters. The van der Waals surface area contributed by atoms with Crippen LogP contribution in [-0.2, 0) is 0 Å². The summed E-state index contributed by atoms with van der Waals surface area (Å²) in [7, 11) is 3.84. The van der Waals surface area contributed by atoms with Crippen molar-refractivity contribution in [3.8, 4) is 5.75 Å². The topological polar surface area (TPSA) is 37.4 Å². The highest BCUT2D eigenvalue weighted by atomic mass is 16.5. The number of likely N-dealkylation sites (N-methyl/N-ethyl adjacent to an activating group) is 1. The molecule has 4 heteroatoms. The van der Waals surface area contributed by atoms with Gasteiger partial charge < -0.3 is 15.0 Å². The Morgan fingerprint density at radius 3 is 2.95 bits per heavy atom. The first kappa shape index (κ1) is 14.1. The van der Waals surface area contributed by atoms with Crippen molar-refractivity contribution in [3.63, 3.8) is 0 Å². The molecule has 0 amide bonds. The SMILES string of the molecule is COc1cccc2c(N(C)CC3CCCCN3)nccc12. The quantitative estimate of drug-likeness (QED) is 0.937. The summed E-state index contributed by atoms with van der Waals surface area (Å²) in [5.74, 6) is 1.93. The first-order chi connectivity index (χ1) is 10.3. The molecular weight excluding hydrogens is 262 g/mol. The Morgan fingerprint density at radius 2 is 2.19 bits per heavy atom. The number of nitrogens with zero attached hydrogens (tertiary/aromatic N) is 2. The van der Waals surface area contributed by atoms with Gasteiger partial charge in [0.25, 0.3) is 0 Å². The summed E-state index contributed by atoms with van der Waals surface area (Å²) >= 11 is 0. The molecule has 1 aliphatic heterocycles. The molecule has 0 bridgehead atoms. The predicted molar refractivity (Wildman–Crippen MR) is 87.2 cm³/mol. The van der Waals surface area contributed by atoms with E-state index in [-0.39, 0.29) is 0 Å². The zero-order chi connectivity index (χ0) is 14.7. The van der Waals surface area contributed by atoms with E-state index in [2.05, 4.69) is 28.3 Å². The fourth-order valence-electron chi connectivity index (χ4n) is 3.14. The van der Waals surface area contributed by atoms with Gasteiger partial charge in [0.2, 0.25) is 0 Å². The van der Waals surface area contributed by atoms with Crippen LogP contribution in [0.4, 0.5) is 5.82 Å². The number of ether oxygens (including phenoxy) is 1. The lowest BCUT2D eigenvalue weighted by Crippen LogP contribution is -2.42. The first-order valence-electron chi connectivity index (χ1n) is 7.66. The second kappa shape index (κ2) is 6.31. The van der Waals surface area contributed by atoms with E-state index in [0.717, 1.165) is 35.4 Å². The van der Waals surface area contributed by atoms with E-state index in [9.17, 15) is 0 Å². The standard InChI is InChI=1S/C17H23N3O/c1-20(12-13-6-3-4-10-18-13)17-15-7-5-8-16(21-2)14(15)9-11-19-17/h5,7-9,11,13,18H,3-4,6,10,12H2,1-2H3. The van der Waals surface area contributed by atoms with Crippen molar-refractivity contribution < 1.29 is 4.74 Å². The van der Waals surface area contributed by atoms with Gasteiger partial charge in [-0.3, -0.25) is 0 Å². The number of hydrogen-bond donors (Lipinski definition) is 1. The number of methoxy groups -OCH3 is 1. The van der Waals surface area contributed by atoms with Gasteiger partial charge in [0, 0.05) is 36.6 Å². The highest BCUT2D eigenvalue weighted by Gasteiger charge is 2.17. The van der Waals surface area contributed by atoms with Crippen molar-refractivity contribution in [3.05, 3.63) is 30.5 Å². The van der Waals surface area contributed by atoms with Gasteiger partial charge in [-0.05, 0) is 31.5 Å². The maximum atomic E-state index is 5.45. The Balaban J connectivity index is 1.88. The number of pyridine rings is 1. The molecule has 1 aromatic heterocycles. The molecule has 21 heavy (non-hydrogen) atoms. The normalized spacial score (nSPS) is 18.7. The maximum absolute atomic E-state index is 5.45. The zero-order valence-electron chi connectivity index (χ0n) is 12.8. The van der Waals surface area contributed by atoms with Crippen molar-refractivity contribution in [2.75, 3.05) is 32.1 Å². The summed E-state index contributed by atoms with van der Waals surface area (Å²) in [6, 6.07) is 8.72. The molecule has 3 rings (SSSR count). The van der Waals surface area contributed by atoms with Gasteiger partial charge in [0.05, 0.1) is 7.11 Å². The summed E-state index contributed by atoms with van der Waals surface area (Å²) in [6.45, 7) is 2.12. The average Bonchev–Trinajstić information content (AvgIpc) is 2.54. The van der Waals surface area contributed by atoms with Gasteiger partial charge in [-0.1, -0.05) is 18.6 Å². The van der Waals surface area contributed by atoms with E-state index in [0.29, 0.717) is 6.04 Å². The molecule has 0 radical (unpaired) electrons. The number of benzene rings is 1. The molecule has 0 saturated carbocycles. The number of piperidine rings is 1. The third kappa shape index (κ3) is 2.95. The molecule has 112 valence electrons. The van der Waals surface area contributed by atoms with Crippen LogP contribution in [0.1, 0.15) is 19.3 Å². The average molecular weight is 285 g/mol. The second-order valence-electron chi connectivity index (χ2n) is 5.72. The molecule has 1 aromatic carbocycles. The Bertz CT molecular complexity index is 608. The highest BCUT2D eigenvalue weighted by Crippen LogP contribution is 2.30. The fourth-order valence-corrected chi connectivity index (χ4v) is 3.14. The third-order valence-corrected chi connectivity index (χ3v) is 4.23. The van der Waals surface area contributed by atoms with Gasteiger partial charge in [-0.25, -0.2) is 4.98 Å². The number of aromatic nitrogens is 1.